The van der Waals surface area contributed by atoms with E-state index in [9.17, 15) is 4.79 Å². The zero-order chi connectivity index (χ0) is 20.6. The minimum Gasteiger partial charge on any atom is -0.312 e. The summed E-state index contributed by atoms with van der Waals surface area (Å²) in [4.78, 5) is 15.1. The van der Waals surface area contributed by atoms with Crippen molar-refractivity contribution in [2.75, 3.05) is 20.1 Å². The van der Waals surface area contributed by atoms with Crippen molar-refractivity contribution in [3.05, 3.63) is 0 Å². The summed E-state index contributed by atoms with van der Waals surface area (Å²) in [6, 6.07) is 0. The van der Waals surface area contributed by atoms with Crippen LogP contribution < -0.4 is 0 Å². The molecule has 4 heteroatoms. The Morgan fingerprint density at radius 3 is 2.55 bits per heavy atom. The Labute approximate surface area is 183 Å². The molecule has 0 amide bonds. The third-order valence-electron chi connectivity index (χ3n) is 9.70. The van der Waals surface area contributed by atoms with Gasteiger partial charge in [0.1, 0.15) is 5.78 Å². The Kier molecular flexibility index (Phi) is 6.74. The number of rotatable bonds is 5. The summed E-state index contributed by atoms with van der Waals surface area (Å²) in [5.74, 6) is 2.62. The summed E-state index contributed by atoms with van der Waals surface area (Å²) in [7, 11) is 2.23. The maximum atomic E-state index is 12.7. The molecule has 3 saturated carbocycles. The van der Waals surface area contributed by atoms with Gasteiger partial charge in [-0.15, -0.1) is 0 Å². The molecule has 1 saturated heterocycles. The monoisotopic (exact) mass is 421 g/mol. The smallest absolute Gasteiger partial charge is 0.135 e. The number of likely N-dealkylation sites (tertiary alicyclic amines) is 1. The van der Waals surface area contributed by atoms with E-state index in [-0.39, 0.29) is 5.41 Å². The lowest BCUT2D eigenvalue weighted by Crippen LogP contribution is -2.44. The first-order chi connectivity index (χ1) is 13.9. The van der Waals surface area contributed by atoms with Crippen LogP contribution in [-0.4, -0.2) is 42.2 Å². The van der Waals surface area contributed by atoms with E-state index in [2.05, 4.69) is 25.8 Å². The Hall–Kier alpha value is -0.0600. The lowest BCUT2D eigenvalue weighted by atomic mass is 9.55. The minimum atomic E-state index is -0.0881. The maximum Gasteiger partial charge on any atom is 0.135 e. The minimum absolute atomic E-state index is 0.0881. The highest BCUT2D eigenvalue weighted by Crippen LogP contribution is 2.62. The van der Waals surface area contributed by atoms with E-state index >= 15 is 0 Å². The predicted octanol–water partition coefficient (Wildman–Crippen LogP) is 6.12. The molecule has 0 aromatic rings. The van der Waals surface area contributed by atoms with Crippen LogP contribution in [0.25, 0.3) is 0 Å². The number of fused-ring (bicyclic) bond motifs is 1. The van der Waals surface area contributed by atoms with Gasteiger partial charge >= 0.3 is 0 Å². The summed E-state index contributed by atoms with van der Waals surface area (Å²) in [6.45, 7) is 8.90. The molecule has 4 rings (SSSR count). The van der Waals surface area contributed by atoms with Crippen LogP contribution in [0.4, 0.5) is 0 Å². The maximum absolute atomic E-state index is 12.7. The van der Waals surface area contributed by atoms with Gasteiger partial charge in [-0.2, -0.15) is 0 Å². The van der Waals surface area contributed by atoms with E-state index in [1.165, 1.54) is 77.3 Å². The third kappa shape index (κ3) is 4.32. The number of hydrogen-bond acceptors (Lipinski definition) is 4. The molecule has 3 nitrogen and oxygen atoms in total. The molecule has 29 heavy (non-hydrogen) atoms. The average molecular weight is 422 g/mol. The van der Waals surface area contributed by atoms with E-state index in [4.69, 9.17) is 4.18 Å². The number of piperidine rings is 1. The van der Waals surface area contributed by atoms with Crippen LogP contribution in [0.15, 0.2) is 0 Å². The van der Waals surface area contributed by atoms with Crippen molar-refractivity contribution < 1.29 is 8.98 Å². The highest BCUT2D eigenvalue weighted by atomic mass is 32.2. The topological polar surface area (TPSA) is 29.5 Å². The van der Waals surface area contributed by atoms with Crippen molar-refractivity contribution in [2.24, 2.45) is 28.6 Å². The summed E-state index contributed by atoms with van der Waals surface area (Å²) in [6.07, 6.45) is 14.5. The molecule has 3 aliphatic carbocycles. The lowest BCUT2D eigenvalue weighted by molar-refractivity contribution is -0.130. The fourth-order valence-electron chi connectivity index (χ4n) is 7.61. The second-order valence-electron chi connectivity index (χ2n) is 11.2. The van der Waals surface area contributed by atoms with Gasteiger partial charge in [-0.3, -0.25) is 4.79 Å². The van der Waals surface area contributed by atoms with Gasteiger partial charge < -0.3 is 9.08 Å². The van der Waals surface area contributed by atoms with Crippen LogP contribution in [0.1, 0.15) is 91.4 Å². The van der Waals surface area contributed by atoms with Crippen molar-refractivity contribution in [2.45, 2.75) is 103 Å². The molecular weight excluding hydrogens is 378 g/mol. The number of ketones is 1. The van der Waals surface area contributed by atoms with Gasteiger partial charge in [0.05, 0.1) is 6.10 Å². The van der Waals surface area contributed by atoms with Crippen LogP contribution >= 0.6 is 12.0 Å². The number of Topliss-reactive ketones (excluding diaryl/α,β-unsaturated/α-hetero) is 1. The first-order valence-corrected chi connectivity index (χ1v) is 13.2. The standard InChI is InChI=1S/C25H43NO2S/c1-5-23-19-6-7-20-16-21(28-29-22-9-14-26(4)15-10-22)8-11-25(20,17-19)13-12-24(23,3)18(2)27/h19-23H,5-17H2,1-4H3. The Bertz CT molecular complexity index is 589. The van der Waals surface area contributed by atoms with Crippen LogP contribution in [0.2, 0.25) is 0 Å². The SMILES string of the molecule is CCC1C2CCC3CC(OSC4CCN(C)CC4)CCC3(CCC1(C)C(C)=O)C2. The largest absolute Gasteiger partial charge is 0.312 e. The van der Waals surface area contributed by atoms with Gasteiger partial charge in [0.2, 0.25) is 0 Å². The Balaban J connectivity index is 1.38. The lowest BCUT2D eigenvalue weighted by Gasteiger charge is -2.51. The van der Waals surface area contributed by atoms with E-state index in [0.29, 0.717) is 28.5 Å². The summed E-state index contributed by atoms with van der Waals surface area (Å²) in [5.41, 5.74) is 0.413. The van der Waals surface area contributed by atoms with Crippen molar-refractivity contribution >= 4 is 17.8 Å². The molecule has 0 N–H and O–H groups in total. The zero-order valence-corrected chi connectivity index (χ0v) is 20.1. The van der Waals surface area contributed by atoms with Crippen molar-refractivity contribution in [1.82, 2.24) is 4.90 Å². The molecule has 1 spiro atoms. The average Bonchev–Trinajstić information content (AvgIpc) is 2.81. The van der Waals surface area contributed by atoms with Gasteiger partial charge in [0, 0.05) is 10.7 Å². The van der Waals surface area contributed by atoms with Gasteiger partial charge in [0.15, 0.2) is 0 Å². The molecule has 1 heterocycles. The number of carbonyl (C=O) groups is 1. The summed E-state index contributed by atoms with van der Waals surface area (Å²) < 4.78 is 6.44. The highest BCUT2D eigenvalue weighted by molar-refractivity contribution is 7.95. The normalized spacial score (nSPS) is 44.1. The molecule has 2 bridgehead atoms. The first-order valence-electron chi connectivity index (χ1n) is 12.4. The molecule has 6 atom stereocenters. The van der Waals surface area contributed by atoms with Crippen molar-refractivity contribution in [1.29, 1.82) is 0 Å². The molecule has 0 aromatic carbocycles. The predicted molar refractivity (Wildman–Crippen MR) is 122 cm³/mol. The van der Waals surface area contributed by atoms with Crippen LogP contribution in [0.3, 0.4) is 0 Å². The molecular formula is C25H43NO2S. The van der Waals surface area contributed by atoms with Gasteiger partial charge in [-0.1, -0.05) is 20.3 Å². The number of hydrogen-bond donors (Lipinski definition) is 0. The molecule has 1 aliphatic heterocycles. The summed E-state index contributed by atoms with van der Waals surface area (Å²) in [5, 5.41) is 0.692. The van der Waals surface area contributed by atoms with Crippen molar-refractivity contribution in [3.63, 3.8) is 0 Å². The summed E-state index contributed by atoms with van der Waals surface area (Å²) >= 11 is 1.81. The second kappa shape index (κ2) is 8.82. The fraction of sp³-hybridized carbons (Fsp3) is 0.960. The zero-order valence-electron chi connectivity index (χ0n) is 19.3. The fourth-order valence-corrected chi connectivity index (χ4v) is 8.50. The Morgan fingerprint density at radius 1 is 1.10 bits per heavy atom. The molecule has 0 aromatic heterocycles. The van der Waals surface area contributed by atoms with Gasteiger partial charge in [-0.25, -0.2) is 0 Å². The van der Waals surface area contributed by atoms with Gasteiger partial charge in [-0.05, 0) is 126 Å². The highest BCUT2D eigenvalue weighted by Gasteiger charge is 2.55. The van der Waals surface area contributed by atoms with Gasteiger partial charge in [0.25, 0.3) is 0 Å². The number of nitrogens with zero attached hydrogens (tertiary/aromatic N) is 1. The van der Waals surface area contributed by atoms with E-state index < -0.39 is 0 Å². The molecule has 0 radical (unpaired) electrons. The molecule has 166 valence electrons. The van der Waals surface area contributed by atoms with Crippen LogP contribution in [0.5, 0.6) is 0 Å². The van der Waals surface area contributed by atoms with Crippen molar-refractivity contribution in [3.8, 4) is 0 Å². The van der Waals surface area contributed by atoms with Crippen LogP contribution in [-0.2, 0) is 8.98 Å². The van der Waals surface area contributed by atoms with Crippen LogP contribution in [0, 0.1) is 28.6 Å². The molecule has 4 aliphatic rings. The Morgan fingerprint density at radius 2 is 1.86 bits per heavy atom. The molecule has 4 fully saturated rings. The molecule has 6 unspecified atom stereocenters. The first kappa shape index (κ1) is 22.1. The van der Waals surface area contributed by atoms with E-state index in [1.807, 2.05) is 6.92 Å². The second-order valence-corrected chi connectivity index (χ2v) is 12.2. The number of carbonyl (C=O) groups excluding carboxylic acids is 1. The van der Waals surface area contributed by atoms with E-state index in [1.54, 1.807) is 12.0 Å². The third-order valence-corrected chi connectivity index (χ3v) is 10.8. The quantitative estimate of drug-likeness (QED) is 0.500. The van der Waals surface area contributed by atoms with E-state index in [0.717, 1.165) is 18.3 Å².